The standard InChI is InChI=1S/C15H14ClN3O3/c1-22-11-7-19(8-11)14-13(9-2-4-10(16)5-3-9)18-12(6-17-14)15(20)21/h2-6,11H,7-8H2,1H3,(H,20,21). The Hall–Kier alpha value is -2.18. The highest BCUT2D eigenvalue weighted by molar-refractivity contribution is 6.30. The summed E-state index contributed by atoms with van der Waals surface area (Å²) in [6.45, 7) is 1.41. The predicted octanol–water partition coefficient (Wildman–Crippen LogP) is 2.33. The molecule has 1 aromatic carbocycles. The average molecular weight is 320 g/mol. The first-order valence-electron chi connectivity index (χ1n) is 6.72. The van der Waals surface area contributed by atoms with Gasteiger partial charge in [-0.3, -0.25) is 0 Å². The number of aromatic carboxylic acids is 1. The maximum Gasteiger partial charge on any atom is 0.356 e. The third-order valence-corrected chi connectivity index (χ3v) is 3.82. The Labute approximate surface area is 132 Å². The van der Waals surface area contributed by atoms with Crippen LogP contribution in [-0.4, -0.2) is 47.3 Å². The van der Waals surface area contributed by atoms with E-state index in [0.717, 1.165) is 5.56 Å². The average Bonchev–Trinajstić information content (AvgIpc) is 2.47. The highest BCUT2D eigenvalue weighted by atomic mass is 35.5. The van der Waals surface area contributed by atoms with E-state index in [2.05, 4.69) is 9.97 Å². The van der Waals surface area contributed by atoms with E-state index in [1.807, 2.05) is 4.90 Å². The van der Waals surface area contributed by atoms with Crippen LogP contribution in [0, 0.1) is 0 Å². The molecule has 1 N–H and O–H groups in total. The zero-order valence-electron chi connectivity index (χ0n) is 11.9. The molecule has 2 aromatic rings. The SMILES string of the molecule is COC1CN(c2ncc(C(=O)O)nc2-c2ccc(Cl)cc2)C1. The Kier molecular flexibility index (Phi) is 3.96. The van der Waals surface area contributed by atoms with Crippen LogP contribution >= 0.6 is 11.6 Å². The second-order valence-corrected chi connectivity index (χ2v) is 5.44. The molecule has 22 heavy (non-hydrogen) atoms. The Morgan fingerprint density at radius 1 is 1.36 bits per heavy atom. The minimum absolute atomic E-state index is 0.0856. The fraction of sp³-hybridized carbons (Fsp3) is 0.267. The number of nitrogens with zero attached hydrogens (tertiary/aromatic N) is 3. The fourth-order valence-electron chi connectivity index (χ4n) is 2.28. The molecule has 1 fully saturated rings. The van der Waals surface area contributed by atoms with Crippen molar-refractivity contribution in [2.24, 2.45) is 0 Å². The lowest BCUT2D eigenvalue weighted by atomic mass is 10.1. The van der Waals surface area contributed by atoms with Crippen LogP contribution < -0.4 is 4.90 Å². The molecule has 6 nitrogen and oxygen atoms in total. The summed E-state index contributed by atoms with van der Waals surface area (Å²) in [5, 5.41) is 9.73. The molecule has 3 rings (SSSR count). The number of hydrogen-bond donors (Lipinski definition) is 1. The van der Waals surface area contributed by atoms with E-state index in [1.54, 1.807) is 31.4 Å². The van der Waals surface area contributed by atoms with E-state index in [-0.39, 0.29) is 11.8 Å². The van der Waals surface area contributed by atoms with Gasteiger partial charge in [-0.05, 0) is 12.1 Å². The molecule has 7 heteroatoms. The monoisotopic (exact) mass is 319 g/mol. The number of carbonyl (C=O) groups is 1. The summed E-state index contributed by atoms with van der Waals surface area (Å²) in [4.78, 5) is 21.7. The highest BCUT2D eigenvalue weighted by Gasteiger charge is 2.30. The Morgan fingerprint density at radius 3 is 2.64 bits per heavy atom. The quantitative estimate of drug-likeness (QED) is 0.932. The molecule has 1 saturated heterocycles. The molecule has 1 aromatic heterocycles. The van der Waals surface area contributed by atoms with Crippen LogP contribution in [0.1, 0.15) is 10.5 Å². The summed E-state index contributed by atoms with van der Waals surface area (Å²) in [5.74, 6) is -0.451. The Balaban J connectivity index is 2.02. The van der Waals surface area contributed by atoms with Gasteiger partial charge in [-0.1, -0.05) is 23.7 Å². The smallest absolute Gasteiger partial charge is 0.356 e. The van der Waals surface area contributed by atoms with E-state index < -0.39 is 5.97 Å². The first-order valence-corrected chi connectivity index (χ1v) is 7.10. The third-order valence-electron chi connectivity index (χ3n) is 3.57. The zero-order chi connectivity index (χ0) is 15.7. The Bertz CT molecular complexity index is 700. The molecule has 0 bridgehead atoms. The van der Waals surface area contributed by atoms with Gasteiger partial charge in [0.25, 0.3) is 0 Å². The number of halogens is 1. The largest absolute Gasteiger partial charge is 0.476 e. The number of anilines is 1. The number of carboxylic acid groups (broad SMARTS) is 1. The van der Waals surface area contributed by atoms with Crippen molar-refractivity contribution in [1.82, 2.24) is 9.97 Å². The molecule has 1 aliphatic rings. The molecule has 0 unspecified atom stereocenters. The maximum absolute atomic E-state index is 11.1. The van der Waals surface area contributed by atoms with E-state index in [1.165, 1.54) is 6.20 Å². The molecule has 114 valence electrons. The normalized spacial score (nSPS) is 14.7. The summed E-state index contributed by atoms with van der Waals surface area (Å²) < 4.78 is 5.26. The van der Waals surface area contributed by atoms with Crippen molar-refractivity contribution in [3.8, 4) is 11.3 Å². The summed E-state index contributed by atoms with van der Waals surface area (Å²) in [7, 11) is 1.67. The van der Waals surface area contributed by atoms with Crippen molar-refractivity contribution >= 4 is 23.4 Å². The summed E-state index contributed by atoms with van der Waals surface area (Å²) in [5.41, 5.74) is 1.22. The lowest BCUT2D eigenvalue weighted by Crippen LogP contribution is -2.52. The lowest BCUT2D eigenvalue weighted by molar-refractivity contribution is 0.0689. The minimum atomic E-state index is -1.10. The van der Waals surface area contributed by atoms with Gasteiger partial charge in [-0.25, -0.2) is 14.8 Å². The summed E-state index contributed by atoms with van der Waals surface area (Å²) in [6, 6.07) is 7.08. The molecule has 0 aliphatic carbocycles. The van der Waals surface area contributed by atoms with E-state index >= 15 is 0 Å². The molecule has 1 aliphatic heterocycles. The Morgan fingerprint density at radius 2 is 2.05 bits per heavy atom. The van der Waals surface area contributed by atoms with Gasteiger partial charge in [0.2, 0.25) is 0 Å². The maximum atomic E-state index is 11.1. The molecule has 0 atom stereocenters. The number of carboxylic acids is 1. The van der Waals surface area contributed by atoms with E-state index in [9.17, 15) is 4.79 Å². The summed E-state index contributed by atoms with van der Waals surface area (Å²) >= 11 is 5.90. The first-order chi connectivity index (χ1) is 10.6. The number of ether oxygens (including phenoxy) is 1. The minimum Gasteiger partial charge on any atom is -0.476 e. The van der Waals surface area contributed by atoms with Crippen LogP contribution in [0.3, 0.4) is 0 Å². The molecular weight excluding hydrogens is 306 g/mol. The van der Waals surface area contributed by atoms with Gasteiger partial charge in [0, 0.05) is 30.8 Å². The van der Waals surface area contributed by atoms with Crippen LogP contribution in [0.2, 0.25) is 5.02 Å². The van der Waals surface area contributed by atoms with Crippen molar-refractivity contribution in [3.05, 3.63) is 41.2 Å². The topological polar surface area (TPSA) is 75.5 Å². The summed E-state index contributed by atoms with van der Waals surface area (Å²) in [6.07, 6.45) is 1.44. The van der Waals surface area contributed by atoms with Crippen LogP contribution in [0.5, 0.6) is 0 Å². The van der Waals surface area contributed by atoms with Crippen molar-refractivity contribution in [2.75, 3.05) is 25.1 Å². The van der Waals surface area contributed by atoms with Gasteiger partial charge in [0.1, 0.15) is 5.69 Å². The molecule has 0 amide bonds. The molecule has 0 saturated carbocycles. The number of hydrogen-bond acceptors (Lipinski definition) is 5. The number of methoxy groups -OCH3 is 1. The van der Waals surface area contributed by atoms with E-state index in [4.69, 9.17) is 21.4 Å². The van der Waals surface area contributed by atoms with Gasteiger partial charge in [0.15, 0.2) is 11.5 Å². The van der Waals surface area contributed by atoms with Crippen LogP contribution in [0.15, 0.2) is 30.5 Å². The van der Waals surface area contributed by atoms with Gasteiger partial charge in [-0.15, -0.1) is 0 Å². The van der Waals surface area contributed by atoms with Gasteiger partial charge in [-0.2, -0.15) is 0 Å². The first kappa shape index (κ1) is 14.7. The number of aromatic nitrogens is 2. The van der Waals surface area contributed by atoms with Crippen molar-refractivity contribution in [2.45, 2.75) is 6.10 Å². The highest BCUT2D eigenvalue weighted by Crippen LogP contribution is 2.31. The molecule has 0 spiro atoms. The number of rotatable bonds is 4. The number of benzene rings is 1. The molecule has 2 heterocycles. The van der Waals surface area contributed by atoms with Gasteiger partial charge in [0.05, 0.1) is 12.3 Å². The van der Waals surface area contributed by atoms with Crippen molar-refractivity contribution in [3.63, 3.8) is 0 Å². The zero-order valence-corrected chi connectivity index (χ0v) is 12.6. The second-order valence-electron chi connectivity index (χ2n) is 5.00. The fourth-order valence-corrected chi connectivity index (χ4v) is 2.40. The van der Waals surface area contributed by atoms with Crippen molar-refractivity contribution < 1.29 is 14.6 Å². The second kappa shape index (κ2) is 5.90. The molecular formula is C15H14ClN3O3. The predicted molar refractivity (Wildman–Crippen MR) is 82.4 cm³/mol. The van der Waals surface area contributed by atoms with E-state index in [0.29, 0.717) is 29.6 Å². The molecule has 0 radical (unpaired) electrons. The van der Waals surface area contributed by atoms with Crippen LogP contribution in [0.25, 0.3) is 11.3 Å². The van der Waals surface area contributed by atoms with Gasteiger partial charge >= 0.3 is 5.97 Å². The van der Waals surface area contributed by atoms with Gasteiger partial charge < -0.3 is 14.7 Å². The lowest BCUT2D eigenvalue weighted by Gasteiger charge is -2.39. The van der Waals surface area contributed by atoms with Crippen molar-refractivity contribution in [1.29, 1.82) is 0 Å². The third kappa shape index (κ3) is 2.75. The van der Waals surface area contributed by atoms with Crippen LogP contribution in [0.4, 0.5) is 5.82 Å². The van der Waals surface area contributed by atoms with Crippen LogP contribution in [-0.2, 0) is 4.74 Å².